The van der Waals surface area contributed by atoms with Crippen LogP contribution in [0, 0.1) is 24.2 Å². The Morgan fingerprint density at radius 1 is 1.00 bits per heavy atom. The summed E-state index contributed by atoms with van der Waals surface area (Å²) in [5.74, 6) is -2.54. The Morgan fingerprint density at radius 2 is 1.58 bits per heavy atom. The number of pyridine rings is 1. The maximum atomic E-state index is 13.8. The molecule has 0 bridgehead atoms. The fourth-order valence-corrected chi connectivity index (χ4v) is 7.29. The number of hydrogen-bond acceptors (Lipinski definition) is 13. The van der Waals surface area contributed by atoms with Gasteiger partial charge >= 0.3 is 5.97 Å². The van der Waals surface area contributed by atoms with Crippen LogP contribution in [0.3, 0.4) is 0 Å². The highest BCUT2D eigenvalue weighted by Gasteiger charge is 2.29. The Labute approximate surface area is 282 Å². The summed E-state index contributed by atoms with van der Waals surface area (Å²) in [5, 5.41) is 28.4. The number of hydrogen-bond donors (Lipinski definition) is 1. The van der Waals surface area contributed by atoms with Gasteiger partial charge in [-0.2, -0.15) is 14.7 Å². The molecule has 1 aromatic heterocycles. The molecule has 0 spiro atoms. The molecule has 0 radical (unpaired) electrons. The molecule has 48 heavy (non-hydrogen) atoms. The number of aromatic hydroxyl groups is 1. The van der Waals surface area contributed by atoms with Crippen molar-refractivity contribution < 1.29 is 40.9 Å². The molecule has 1 heterocycles. The molecule has 2 rings (SSSR count). The first kappa shape index (κ1) is 40.5. The topological polar surface area (TPSA) is 207 Å². The maximum Gasteiger partial charge on any atom is 0.321 e. The lowest BCUT2D eigenvalue weighted by atomic mass is 10.1. The number of methoxy groups -OCH3 is 2. The van der Waals surface area contributed by atoms with Crippen molar-refractivity contribution in [2.45, 2.75) is 69.7 Å². The minimum atomic E-state index is -4.47. The van der Waals surface area contributed by atoms with Gasteiger partial charge in [-0.15, -0.1) is 5.11 Å². The Bertz CT molecular complexity index is 1770. The molecule has 17 heteroatoms. The van der Waals surface area contributed by atoms with Crippen LogP contribution in [0.15, 0.2) is 43.0 Å². The van der Waals surface area contributed by atoms with Crippen molar-refractivity contribution in [2.24, 2.45) is 16.1 Å². The molecule has 0 aliphatic rings. The zero-order chi connectivity index (χ0) is 36.2. The van der Waals surface area contributed by atoms with Crippen LogP contribution in [0.5, 0.6) is 5.88 Å². The van der Waals surface area contributed by atoms with Crippen molar-refractivity contribution in [3.63, 3.8) is 0 Å². The highest BCUT2D eigenvalue weighted by molar-refractivity contribution is 7.92. The Hall–Kier alpha value is -3.69. The molecule has 266 valence electrons. The minimum absolute atomic E-state index is 0.0189. The number of aromatic nitrogens is 1. The summed E-state index contributed by atoms with van der Waals surface area (Å²) in [4.78, 5) is 24.9. The van der Waals surface area contributed by atoms with E-state index in [2.05, 4.69) is 10.2 Å². The zero-order valence-electron chi connectivity index (χ0n) is 28.4. The first-order valence-electron chi connectivity index (χ1n) is 15.4. The first-order chi connectivity index (χ1) is 22.6. The number of sulfonamides is 1. The summed E-state index contributed by atoms with van der Waals surface area (Å²) in [5.41, 5.74) is -1.54. The zero-order valence-corrected chi connectivity index (χ0v) is 30.1. The quantitative estimate of drug-likeness (QED) is 0.162. The van der Waals surface area contributed by atoms with E-state index in [0.29, 0.717) is 6.42 Å². The largest absolute Gasteiger partial charge is 0.493 e. The van der Waals surface area contributed by atoms with Crippen LogP contribution in [0.4, 0.5) is 11.4 Å². The van der Waals surface area contributed by atoms with Crippen molar-refractivity contribution in [3.8, 4) is 11.9 Å². The molecule has 1 aromatic carbocycles. The predicted octanol–water partition coefficient (Wildman–Crippen LogP) is 4.16. The Balaban J connectivity index is 2.78. The standard InChI is InChI=1S/C31H45N5O10S2/c1-8-21(4)36-30(38)27(18-32)22(5)29(31(36)39)34-33-24-15-25(47(40,41)20-28(37)46-19-23(9-2)10-3)17-26(16-24)48(42,43)35(11-13-44-6)12-14-45-7/h15-17,21,23,38H,8-14,19-20H2,1-7H3. The number of benzene rings is 1. The van der Waals surface area contributed by atoms with Gasteiger partial charge in [0.15, 0.2) is 21.3 Å². The van der Waals surface area contributed by atoms with Crippen LogP contribution in [0.2, 0.25) is 0 Å². The number of rotatable bonds is 19. The van der Waals surface area contributed by atoms with Crippen LogP contribution in [-0.4, -0.2) is 89.7 Å². The monoisotopic (exact) mass is 711 g/mol. The third-order valence-electron chi connectivity index (χ3n) is 7.91. The number of ether oxygens (including phenoxy) is 3. The second kappa shape index (κ2) is 18.2. The average molecular weight is 712 g/mol. The highest BCUT2D eigenvalue weighted by Crippen LogP contribution is 2.32. The van der Waals surface area contributed by atoms with E-state index >= 15 is 0 Å². The normalized spacial score (nSPS) is 12.9. The first-order valence-corrected chi connectivity index (χ1v) is 18.5. The van der Waals surface area contributed by atoms with Crippen molar-refractivity contribution in [2.75, 3.05) is 52.9 Å². The average Bonchev–Trinajstić information content (AvgIpc) is 3.04. The minimum Gasteiger partial charge on any atom is -0.493 e. The van der Waals surface area contributed by atoms with E-state index in [1.165, 1.54) is 21.1 Å². The number of carbonyl (C=O) groups is 1. The molecule has 0 amide bonds. The van der Waals surface area contributed by atoms with Crippen LogP contribution >= 0.6 is 0 Å². The van der Waals surface area contributed by atoms with Gasteiger partial charge in [-0.1, -0.05) is 33.6 Å². The number of nitriles is 1. The molecule has 1 atom stereocenters. The SMILES string of the molecule is CCC(CC)COC(=O)CS(=O)(=O)c1cc(N=Nc2c(C)c(C#N)c(O)n(C(C)CC)c2=O)cc(S(=O)(=O)N(CCOC)CCOC)c1. The Kier molecular flexibility index (Phi) is 15.3. The molecule has 0 fully saturated rings. The van der Waals surface area contributed by atoms with Gasteiger partial charge in [0.25, 0.3) is 5.56 Å². The van der Waals surface area contributed by atoms with Gasteiger partial charge in [0.2, 0.25) is 15.9 Å². The predicted molar refractivity (Wildman–Crippen MR) is 177 cm³/mol. The second-order valence-corrected chi connectivity index (χ2v) is 15.0. The van der Waals surface area contributed by atoms with Crippen LogP contribution in [0.25, 0.3) is 0 Å². The second-order valence-electron chi connectivity index (χ2n) is 11.1. The fraction of sp³-hybridized carbons (Fsp3) is 0.581. The third kappa shape index (κ3) is 9.92. The molecule has 2 aromatic rings. The van der Waals surface area contributed by atoms with E-state index < -0.39 is 58.9 Å². The molecule has 1 unspecified atom stereocenters. The number of carbonyl (C=O) groups excluding carboxylic acids is 1. The molecular formula is C31H45N5O10S2. The summed E-state index contributed by atoms with van der Waals surface area (Å²) in [6.07, 6.45) is 1.89. The number of nitrogens with zero attached hydrogens (tertiary/aromatic N) is 5. The van der Waals surface area contributed by atoms with Gasteiger partial charge in [-0.05, 0) is 44.4 Å². The lowest BCUT2D eigenvalue weighted by Crippen LogP contribution is -2.36. The molecule has 0 saturated carbocycles. The van der Waals surface area contributed by atoms with E-state index in [0.717, 1.165) is 39.9 Å². The summed E-state index contributed by atoms with van der Waals surface area (Å²) in [7, 11) is -6.08. The lowest BCUT2D eigenvalue weighted by Gasteiger charge is -2.22. The van der Waals surface area contributed by atoms with Gasteiger partial charge in [0, 0.05) is 38.9 Å². The van der Waals surface area contributed by atoms with Crippen LogP contribution in [0.1, 0.15) is 64.1 Å². The summed E-state index contributed by atoms with van der Waals surface area (Å²) in [6.45, 7) is 8.60. The molecule has 15 nitrogen and oxygen atoms in total. The van der Waals surface area contributed by atoms with E-state index in [9.17, 15) is 36.8 Å². The van der Waals surface area contributed by atoms with Gasteiger partial charge < -0.3 is 19.3 Å². The molecule has 0 aliphatic heterocycles. The van der Waals surface area contributed by atoms with Gasteiger partial charge in [-0.3, -0.25) is 14.2 Å². The van der Waals surface area contributed by atoms with E-state index in [1.54, 1.807) is 13.8 Å². The lowest BCUT2D eigenvalue weighted by molar-refractivity contribution is -0.141. The van der Waals surface area contributed by atoms with Gasteiger partial charge in [0.05, 0.1) is 35.3 Å². The molecular weight excluding hydrogens is 667 g/mol. The van der Waals surface area contributed by atoms with Crippen molar-refractivity contribution in [3.05, 3.63) is 39.7 Å². The summed E-state index contributed by atoms with van der Waals surface area (Å²) in [6, 6.07) is 4.35. The smallest absolute Gasteiger partial charge is 0.321 e. The number of azo groups is 1. The fourth-order valence-electron chi connectivity index (χ4n) is 4.57. The maximum absolute atomic E-state index is 13.8. The molecule has 1 N–H and O–H groups in total. The van der Waals surface area contributed by atoms with Crippen molar-refractivity contribution in [1.82, 2.24) is 8.87 Å². The number of sulfone groups is 1. The van der Waals surface area contributed by atoms with Crippen LogP contribution in [-0.2, 0) is 38.9 Å². The van der Waals surface area contributed by atoms with E-state index in [-0.39, 0.29) is 61.3 Å². The Morgan fingerprint density at radius 3 is 2.10 bits per heavy atom. The summed E-state index contributed by atoms with van der Waals surface area (Å²) < 4.78 is 72.0. The summed E-state index contributed by atoms with van der Waals surface area (Å²) >= 11 is 0. The van der Waals surface area contributed by atoms with Crippen LogP contribution < -0.4 is 5.56 Å². The van der Waals surface area contributed by atoms with Gasteiger partial charge in [-0.25, -0.2) is 16.8 Å². The van der Waals surface area contributed by atoms with Crippen molar-refractivity contribution in [1.29, 1.82) is 5.26 Å². The third-order valence-corrected chi connectivity index (χ3v) is 11.4. The van der Waals surface area contributed by atoms with Gasteiger partial charge in [0.1, 0.15) is 11.6 Å². The van der Waals surface area contributed by atoms with E-state index in [1.807, 2.05) is 19.9 Å². The van der Waals surface area contributed by atoms with Crippen molar-refractivity contribution >= 4 is 37.2 Å². The van der Waals surface area contributed by atoms with E-state index in [4.69, 9.17) is 14.2 Å². The molecule has 0 aliphatic carbocycles. The number of esters is 1. The highest BCUT2D eigenvalue weighted by atomic mass is 32.2. The molecule has 0 saturated heterocycles.